The van der Waals surface area contributed by atoms with Crippen LogP contribution in [-0.4, -0.2) is 25.7 Å². The molecule has 1 fully saturated rings. The number of hydrogen-bond donors (Lipinski definition) is 1. The first-order chi connectivity index (χ1) is 10.6. The molecule has 2 nitrogen and oxygen atoms in total. The first kappa shape index (κ1) is 14.9. The van der Waals surface area contributed by atoms with E-state index in [0.29, 0.717) is 5.69 Å². The summed E-state index contributed by atoms with van der Waals surface area (Å²) in [6, 6.07) is 8.06. The number of anilines is 1. The maximum Gasteiger partial charge on any atom is 0.133 e. The normalized spacial score (nSPS) is 18.5. The van der Waals surface area contributed by atoms with Crippen LogP contribution >= 0.6 is 0 Å². The number of hydrogen-bond acceptors (Lipinski definition) is 2. The maximum absolute atomic E-state index is 14.0. The number of halogens is 3. The molecule has 22 heavy (non-hydrogen) atoms. The summed E-state index contributed by atoms with van der Waals surface area (Å²) in [7, 11) is 0. The van der Waals surface area contributed by atoms with Crippen molar-refractivity contribution < 1.29 is 13.2 Å². The largest absolute Gasteiger partial charge is 0.366 e. The second-order valence-electron chi connectivity index (χ2n) is 5.54. The highest BCUT2D eigenvalue weighted by atomic mass is 19.1. The summed E-state index contributed by atoms with van der Waals surface area (Å²) in [4.78, 5) is 2.04. The van der Waals surface area contributed by atoms with E-state index >= 15 is 0 Å². The van der Waals surface area contributed by atoms with E-state index in [-0.39, 0.29) is 17.2 Å². The second-order valence-corrected chi connectivity index (χ2v) is 5.54. The highest BCUT2D eigenvalue weighted by molar-refractivity contribution is 5.70. The zero-order valence-corrected chi connectivity index (χ0v) is 12.2. The first-order valence-electron chi connectivity index (χ1n) is 7.28. The Kier molecular flexibility index (Phi) is 4.07. The van der Waals surface area contributed by atoms with Gasteiger partial charge in [0.15, 0.2) is 0 Å². The molecule has 0 aromatic heterocycles. The molecule has 0 unspecified atom stereocenters. The summed E-state index contributed by atoms with van der Waals surface area (Å²) < 4.78 is 41.8. The third-order valence-corrected chi connectivity index (χ3v) is 3.97. The number of benzene rings is 2. The predicted octanol–water partition coefficient (Wildman–Crippen LogP) is 3.57. The van der Waals surface area contributed by atoms with Crippen molar-refractivity contribution in [3.8, 4) is 11.1 Å². The van der Waals surface area contributed by atoms with E-state index in [1.54, 1.807) is 6.07 Å². The minimum Gasteiger partial charge on any atom is -0.366 e. The first-order valence-corrected chi connectivity index (χ1v) is 7.28. The molecule has 0 spiro atoms. The molecule has 1 aliphatic heterocycles. The molecule has 1 aliphatic rings. The van der Waals surface area contributed by atoms with Gasteiger partial charge in [-0.05, 0) is 42.8 Å². The van der Waals surface area contributed by atoms with E-state index in [1.807, 2.05) is 11.8 Å². The quantitative estimate of drug-likeness (QED) is 0.912. The summed E-state index contributed by atoms with van der Waals surface area (Å²) in [5.74, 6) is -1.88. The Hall–Kier alpha value is -2.01. The van der Waals surface area contributed by atoms with Crippen LogP contribution in [0.3, 0.4) is 0 Å². The third-order valence-electron chi connectivity index (χ3n) is 3.97. The summed E-state index contributed by atoms with van der Waals surface area (Å²) >= 11 is 0. The van der Waals surface area contributed by atoms with Crippen LogP contribution in [0.4, 0.5) is 18.9 Å². The monoisotopic (exact) mass is 306 g/mol. The van der Waals surface area contributed by atoms with Crippen molar-refractivity contribution in [3.63, 3.8) is 0 Å². The molecule has 3 rings (SSSR count). The smallest absolute Gasteiger partial charge is 0.133 e. The molecule has 1 heterocycles. The van der Waals surface area contributed by atoms with Gasteiger partial charge >= 0.3 is 0 Å². The molecule has 116 valence electrons. The van der Waals surface area contributed by atoms with Crippen LogP contribution in [0, 0.1) is 17.5 Å². The number of rotatable bonds is 2. The molecule has 2 aromatic carbocycles. The van der Waals surface area contributed by atoms with Crippen LogP contribution in [0.5, 0.6) is 0 Å². The average molecular weight is 306 g/mol. The fraction of sp³-hybridized carbons (Fsp3) is 0.294. The van der Waals surface area contributed by atoms with Crippen LogP contribution in [0.15, 0.2) is 36.4 Å². The number of nitrogens with zero attached hydrogens (tertiary/aromatic N) is 1. The van der Waals surface area contributed by atoms with Crippen LogP contribution in [0.1, 0.15) is 6.92 Å². The molecule has 0 amide bonds. The topological polar surface area (TPSA) is 15.3 Å². The fourth-order valence-corrected chi connectivity index (χ4v) is 2.88. The summed E-state index contributed by atoms with van der Waals surface area (Å²) in [5, 5.41) is 3.26. The summed E-state index contributed by atoms with van der Waals surface area (Å²) in [5.41, 5.74) is 0.675. The van der Waals surface area contributed by atoms with Gasteiger partial charge in [0.05, 0.1) is 5.56 Å². The zero-order chi connectivity index (χ0) is 15.7. The Labute approximate surface area is 127 Å². The van der Waals surface area contributed by atoms with Crippen LogP contribution < -0.4 is 10.2 Å². The molecule has 1 atom stereocenters. The molecule has 5 heteroatoms. The Morgan fingerprint density at radius 1 is 1.09 bits per heavy atom. The van der Waals surface area contributed by atoms with Crippen molar-refractivity contribution in [2.75, 3.05) is 24.5 Å². The summed E-state index contributed by atoms with van der Waals surface area (Å²) in [6.45, 7) is 4.34. The van der Waals surface area contributed by atoms with Gasteiger partial charge in [-0.1, -0.05) is 6.07 Å². The summed E-state index contributed by atoms with van der Waals surface area (Å²) in [6.07, 6.45) is 0. The van der Waals surface area contributed by atoms with Gasteiger partial charge in [-0.2, -0.15) is 0 Å². The van der Waals surface area contributed by atoms with Crippen molar-refractivity contribution in [2.45, 2.75) is 13.0 Å². The molecule has 0 saturated carbocycles. The molecule has 1 N–H and O–H groups in total. The standard InChI is InChI=1S/C17H17F3N2/c1-11-10-21-5-6-22(11)14-8-12(7-13(18)9-14)17-15(19)3-2-4-16(17)20/h2-4,7-9,11,21H,5-6,10H2,1H3/t11-/m1/s1. The van der Waals surface area contributed by atoms with Gasteiger partial charge in [0.1, 0.15) is 17.5 Å². The molecular weight excluding hydrogens is 289 g/mol. The lowest BCUT2D eigenvalue weighted by molar-refractivity contribution is 0.499. The predicted molar refractivity (Wildman–Crippen MR) is 81.4 cm³/mol. The van der Waals surface area contributed by atoms with E-state index in [0.717, 1.165) is 25.7 Å². The minimum atomic E-state index is -0.690. The molecule has 0 aliphatic carbocycles. The Morgan fingerprint density at radius 3 is 2.50 bits per heavy atom. The number of nitrogens with one attached hydrogen (secondary N) is 1. The van der Waals surface area contributed by atoms with Gasteiger partial charge in [0, 0.05) is 31.4 Å². The molecule has 1 saturated heterocycles. The SMILES string of the molecule is C[C@@H]1CNCCN1c1cc(F)cc(-c2c(F)cccc2F)c1. The van der Waals surface area contributed by atoms with Crippen molar-refractivity contribution in [2.24, 2.45) is 0 Å². The van der Waals surface area contributed by atoms with E-state index in [4.69, 9.17) is 0 Å². The van der Waals surface area contributed by atoms with Crippen LogP contribution in [0.25, 0.3) is 11.1 Å². The highest BCUT2D eigenvalue weighted by Crippen LogP contribution is 2.31. The van der Waals surface area contributed by atoms with Gasteiger partial charge in [-0.25, -0.2) is 13.2 Å². The highest BCUT2D eigenvalue weighted by Gasteiger charge is 2.20. The lowest BCUT2D eigenvalue weighted by Gasteiger charge is -2.36. The third kappa shape index (κ3) is 2.81. The Morgan fingerprint density at radius 2 is 1.82 bits per heavy atom. The molecule has 0 radical (unpaired) electrons. The second kappa shape index (κ2) is 6.01. The zero-order valence-electron chi connectivity index (χ0n) is 12.2. The molecular formula is C17H17F3N2. The van der Waals surface area contributed by atoms with E-state index in [1.165, 1.54) is 24.3 Å². The number of piperazine rings is 1. The van der Waals surface area contributed by atoms with Crippen molar-refractivity contribution in [3.05, 3.63) is 53.8 Å². The van der Waals surface area contributed by atoms with Crippen molar-refractivity contribution in [1.82, 2.24) is 5.32 Å². The lowest BCUT2D eigenvalue weighted by Crippen LogP contribution is -2.49. The van der Waals surface area contributed by atoms with Gasteiger partial charge in [-0.15, -0.1) is 0 Å². The van der Waals surface area contributed by atoms with E-state index in [2.05, 4.69) is 5.32 Å². The van der Waals surface area contributed by atoms with Crippen molar-refractivity contribution in [1.29, 1.82) is 0 Å². The van der Waals surface area contributed by atoms with Gasteiger partial charge in [0.2, 0.25) is 0 Å². The van der Waals surface area contributed by atoms with E-state index in [9.17, 15) is 13.2 Å². The van der Waals surface area contributed by atoms with Gasteiger partial charge < -0.3 is 10.2 Å². The lowest BCUT2D eigenvalue weighted by atomic mass is 10.0. The van der Waals surface area contributed by atoms with Crippen LogP contribution in [0.2, 0.25) is 0 Å². The molecule has 2 aromatic rings. The maximum atomic E-state index is 14.0. The minimum absolute atomic E-state index is 0.189. The van der Waals surface area contributed by atoms with Crippen molar-refractivity contribution >= 4 is 5.69 Å². The van der Waals surface area contributed by atoms with Crippen LogP contribution in [-0.2, 0) is 0 Å². The van der Waals surface area contributed by atoms with E-state index < -0.39 is 17.5 Å². The Balaban J connectivity index is 2.07. The van der Waals surface area contributed by atoms with Gasteiger partial charge in [0.25, 0.3) is 0 Å². The fourth-order valence-electron chi connectivity index (χ4n) is 2.88. The average Bonchev–Trinajstić information content (AvgIpc) is 2.47. The molecule has 0 bridgehead atoms. The Bertz CT molecular complexity index is 667. The van der Waals surface area contributed by atoms with Gasteiger partial charge in [-0.3, -0.25) is 0 Å².